The Balaban J connectivity index is 1.70. The number of nitrogens with zero attached hydrogens (tertiary/aromatic N) is 2. The van der Waals surface area contributed by atoms with Crippen molar-refractivity contribution in [3.05, 3.63) is 104 Å². The number of carbonyl (C=O) groups is 2. The number of benzene rings is 3. The van der Waals surface area contributed by atoms with Gasteiger partial charge in [-0.15, -0.1) is 0 Å². The average Bonchev–Trinajstić information content (AvgIpc) is 2.88. The van der Waals surface area contributed by atoms with Crippen LogP contribution in [0, 0.1) is 13.8 Å². The van der Waals surface area contributed by atoms with Gasteiger partial charge in [-0.25, -0.2) is 9.36 Å². The van der Waals surface area contributed by atoms with Crippen LogP contribution < -0.4 is 21.9 Å². The molecule has 0 spiro atoms. The molecule has 0 fully saturated rings. The maximum Gasteiger partial charge on any atom is 0.336 e. The Morgan fingerprint density at radius 2 is 1.62 bits per heavy atom. The van der Waals surface area contributed by atoms with E-state index in [2.05, 4.69) is 10.6 Å². The summed E-state index contributed by atoms with van der Waals surface area (Å²) in [7, 11) is 0. The highest BCUT2D eigenvalue weighted by Gasteiger charge is 2.17. The summed E-state index contributed by atoms with van der Waals surface area (Å²) in [5, 5.41) is 6.03. The van der Waals surface area contributed by atoms with Crippen LogP contribution in [0.5, 0.6) is 0 Å². The number of anilines is 1. The molecule has 1 heterocycles. The number of para-hydroxylation sites is 1. The largest absolute Gasteiger partial charge is 0.356 e. The minimum absolute atomic E-state index is 0.0883. The minimum atomic E-state index is -0.617. The number of fused-ring (bicyclic) bond motifs is 1. The number of rotatable bonds is 8. The van der Waals surface area contributed by atoms with Crippen LogP contribution in [0.2, 0.25) is 0 Å². The lowest BCUT2D eigenvalue weighted by molar-refractivity contribution is -0.120. The fourth-order valence-corrected chi connectivity index (χ4v) is 4.18. The highest BCUT2D eigenvalue weighted by atomic mass is 16.2. The Labute approximate surface area is 214 Å². The van der Waals surface area contributed by atoms with Crippen molar-refractivity contribution in [2.24, 2.45) is 0 Å². The first-order chi connectivity index (χ1) is 17.8. The van der Waals surface area contributed by atoms with Gasteiger partial charge in [0.15, 0.2) is 0 Å². The number of hydrogen-bond donors (Lipinski definition) is 2. The normalized spacial score (nSPS) is 10.9. The third kappa shape index (κ3) is 5.69. The van der Waals surface area contributed by atoms with Crippen molar-refractivity contribution in [1.82, 2.24) is 14.5 Å². The number of aromatic nitrogens is 2. The van der Waals surface area contributed by atoms with Gasteiger partial charge in [0.05, 0.1) is 23.0 Å². The molecule has 4 rings (SSSR count). The Hall–Kier alpha value is -4.46. The van der Waals surface area contributed by atoms with Crippen molar-refractivity contribution < 1.29 is 9.59 Å². The fourth-order valence-electron chi connectivity index (χ4n) is 4.18. The van der Waals surface area contributed by atoms with Gasteiger partial charge in [0.25, 0.3) is 5.56 Å². The number of amides is 2. The number of aryl methyl sites for hydroxylation is 2. The maximum absolute atomic E-state index is 13.6. The molecule has 0 aliphatic heterocycles. The Morgan fingerprint density at radius 1 is 0.892 bits per heavy atom. The topological polar surface area (TPSA) is 102 Å². The van der Waals surface area contributed by atoms with Gasteiger partial charge in [0.2, 0.25) is 11.8 Å². The Bertz CT molecular complexity index is 1580. The molecule has 1 aromatic heterocycles. The molecule has 8 nitrogen and oxygen atoms in total. The van der Waals surface area contributed by atoms with E-state index in [1.165, 1.54) is 4.57 Å². The smallest absolute Gasteiger partial charge is 0.336 e. The molecule has 0 aliphatic carbocycles. The summed E-state index contributed by atoms with van der Waals surface area (Å²) in [6.45, 7) is 6.17. The zero-order valence-corrected chi connectivity index (χ0v) is 21.2. The van der Waals surface area contributed by atoms with E-state index in [1.54, 1.807) is 48.5 Å². The van der Waals surface area contributed by atoms with Crippen molar-refractivity contribution in [3.63, 3.8) is 0 Å². The third-order valence-corrected chi connectivity index (χ3v) is 6.15. The number of carbonyl (C=O) groups excluding carboxylic acids is 2. The van der Waals surface area contributed by atoms with Crippen LogP contribution >= 0.6 is 0 Å². The second kappa shape index (κ2) is 11.1. The Kier molecular flexibility index (Phi) is 7.67. The van der Waals surface area contributed by atoms with Crippen molar-refractivity contribution >= 4 is 28.4 Å². The predicted octanol–water partition coefficient (Wildman–Crippen LogP) is 3.48. The monoisotopic (exact) mass is 498 g/mol. The summed E-state index contributed by atoms with van der Waals surface area (Å²) in [5.41, 5.74) is 3.01. The van der Waals surface area contributed by atoms with E-state index >= 15 is 0 Å². The maximum atomic E-state index is 13.6. The van der Waals surface area contributed by atoms with Gasteiger partial charge in [-0.05, 0) is 67.3 Å². The summed E-state index contributed by atoms with van der Waals surface area (Å²) in [4.78, 5) is 51.9. The molecule has 4 aromatic rings. The molecule has 0 aliphatic rings. The molecule has 0 bridgehead atoms. The number of hydrogen-bond acceptors (Lipinski definition) is 4. The van der Waals surface area contributed by atoms with E-state index in [4.69, 9.17) is 0 Å². The molecule has 37 heavy (non-hydrogen) atoms. The van der Waals surface area contributed by atoms with Crippen LogP contribution in [0.15, 0.2) is 76.3 Å². The lowest BCUT2D eigenvalue weighted by Crippen LogP contribution is -2.40. The van der Waals surface area contributed by atoms with Crippen molar-refractivity contribution in [3.8, 4) is 5.69 Å². The summed E-state index contributed by atoms with van der Waals surface area (Å²) < 4.78 is 2.37. The van der Waals surface area contributed by atoms with Gasteiger partial charge in [0, 0.05) is 12.2 Å². The first-order valence-electron chi connectivity index (χ1n) is 12.3. The molecular formula is C29H30N4O4. The van der Waals surface area contributed by atoms with Crippen molar-refractivity contribution in [1.29, 1.82) is 0 Å². The van der Waals surface area contributed by atoms with Gasteiger partial charge in [-0.1, -0.05) is 43.3 Å². The molecule has 8 heteroatoms. The summed E-state index contributed by atoms with van der Waals surface area (Å²) in [6.07, 6.45) is 1.06. The van der Waals surface area contributed by atoms with E-state index in [-0.39, 0.29) is 24.8 Å². The van der Waals surface area contributed by atoms with Crippen molar-refractivity contribution in [2.45, 2.75) is 40.2 Å². The molecule has 2 N–H and O–H groups in total. The highest BCUT2D eigenvalue weighted by Crippen LogP contribution is 2.17. The van der Waals surface area contributed by atoms with Gasteiger partial charge in [-0.2, -0.15) is 0 Å². The van der Waals surface area contributed by atoms with Gasteiger partial charge in [0.1, 0.15) is 6.54 Å². The van der Waals surface area contributed by atoms with Crippen LogP contribution in [0.1, 0.15) is 30.0 Å². The molecule has 0 unspecified atom stereocenters. The summed E-state index contributed by atoms with van der Waals surface area (Å²) >= 11 is 0. The third-order valence-electron chi connectivity index (χ3n) is 6.15. The van der Waals surface area contributed by atoms with Gasteiger partial charge in [-0.3, -0.25) is 19.0 Å². The first-order valence-corrected chi connectivity index (χ1v) is 12.3. The molecule has 0 atom stereocenters. The molecule has 0 saturated heterocycles. The van der Waals surface area contributed by atoms with E-state index in [9.17, 15) is 19.2 Å². The quantitative estimate of drug-likeness (QED) is 0.388. The first kappa shape index (κ1) is 25.6. The van der Waals surface area contributed by atoms with Crippen LogP contribution in [0.4, 0.5) is 5.69 Å². The van der Waals surface area contributed by atoms with Crippen LogP contribution in [0.25, 0.3) is 16.6 Å². The predicted molar refractivity (Wildman–Crippen MR) is 145 cm³/mol. The minimum Gasteiger partial charge on any atom is -0.356 e. The zero-order chi connectivity index (χ0) is 26.5. The molecule has 3 aromatic carbocycles. The summed E-state index contributed by atoms with van der Waals surface area (Å²) in [6, 6.07) is 19.2. The van der Waals surface area contributed by atoms with E-state index in [0.29, 0.717) is 28.8 Å². The molecule has 190 valence electrons. The molecular weight excluding hydrogens is 468 g/mol. The second-order valence-corrected chi connectivity index (χ2v) is 9.09. The molecule has 0 radical (unpaired) electrons. The van der Waals surface area contributed by atoms with E-state index < -0.39 is 11.2 Å². The Morgan fingerprint density at radius 3 is 2.35 bits per heavy atom. The fraction of sp³-hybridized carbons (Fsp3) is 0.241. The summed E-state index contributed by atoms with van der Waals surface area (Å²) in [5.74, 6) is -0.464. The molecule has 0 saturated carbocycles. The average molecular weight is 499 g/mol. The van der Waals surface area contributed by atoms with Crippen LogP contribution in [-0.4, -0.2) is 27.5 Å². The molecule has 2 amide bonds. The van der Waals surface area contributed by atoms with Crippen LogP contribution in [0.3, 0.4) is 0 Å². The van der Waals surface area contributed by atoms with E-state index in [1.807, 2.05) is 39.0 Å². The second-order valence-electron chi connectivity index (χ2n) is 9.09. The SMILES string of the molecule is CCCNC(=O)Cc1ccc(-n2c(=O)c3ccccc3n(CC(=O)Nc3cc(C)ccc3C)c2=O)cc1. The van der Waals surface area contributed by atoms with Crippen molar-refractivity contribution in [2.75, 3.05) is 11.9 Å². The van der Waals surface area contributed by atoms with Crippen LogP contribution in [-0.2, 0) is 22.6 Å². The van der Waals surface area contributed by atoms with Gasteiger partial charge >= 0.3 is 5.69 Å². The van der Waals surface area contributed by atoms with Gasteiger partial charge < -0.3 is 10.6 Å². The zero-order valence-electron chi connectivity index (χ0n) is 21.2. The highest BCUT2D eigenvalue weighted by molar-refractivity contribution is 5.92. The lowest BCUT2D eigenvalue weighted by Gasteiger charge is -2.15. The van der Waals surface area contributed by atoms with E-state index in [0.717, 1.165) is 27.7 Å². The lowest BCUT2D eigenvalue weighted by atomic mass is 10.1. The number of nitrogens with one attached hydrogen (secondary N) is 2. The standard InChI is InChI=1S/C29H30N4O4/c1-4-15-30-26(34)17-21-11-13-22(14-12-21)33-28(36)23-7-5-6-8-25(23)32(29(33)37)18-27(35)31-24-16-19(2)9-10-20(24)3/h5-14,16H,4,15,17-18H2,1-3H3,(H,30,34)(H,31,35).